The summed E-state index contributed by atoms with van der Waals surface area (Å²) in [5, 5.41) is 10.2. The van der Waals surface area contributed by atoms with Crippen molar-refractivity contribution in [3.8, 4) is 11.3 Å². The zero-order chi connectivity index (χ0) is 20.3. The highest BCUT2D eigenvalue weighted by atomic mass is 16.6. The van der Waals surface area contributed by atoms with E-state index in [1.165, 1.54) is 0 Å². The maximum absolute atomic E-state index is 12.1. The zero-order valence-corrected chi connectivity index (χ0v) is 16.4. The Morgan fingerprint density at radius 3 is 2.32 bits per heavy atom. The monoisotopic (exact) mass is 386 g/mol. The van der Waals surface area contributed by atoms with Crippen molar-refractivity contribution in [1.29, 1.82) is 0 Å². The van der Waals surface area contributed by atoms with E-state index >= 15 is 0 Å². The molecule has 2 heterocycles. The van der Waals surface area contributed by atoms with Gasteiger partial charge in [-0.15, -0.1) is 0 Å². The van der Waals surface area contributed by atoms with Gasteiger partial charge in [0.15, 0.2) is 5.69 Å². The topological polar surface area (TPSA) is 117 Å². The second kappa shape index (κ2) is 7.97. The van der Waals surface area contributed by atoms with Crippen LogP contribution in [0.4, 0.5) is 4.79 Å². The lowest BCUT2D eigenvalue weighted by molar-refractivity contribution is 0.0139. The minimum absolute atomic E-state index is 0.131. The molecule has 1 saturated heterocycles. The molecule has 150 valence electrons. The molecule has 1 aliphatic heterocycles. The van der Waals surface area contributed by atoms with Crippen LogP contribution < -0.4 is 5.73 Å². The van der Waals surface area contributed by atoms with Crippen molar-refractivity contribution >= 4 is 12.0 Å². The number of carbonyl (C=O) groups excluding carboxylic acids is 2. The van der Waals surface area contributed by atoms with Gasteiger partial charge in [0.2, 0.25) is 0 Å². The van der Waals surface area contributed by atoms with E-state index in [1.807, 2.05) is 45.0 Å². The number of aromatic amines is 1. The predicted molar refractivity (Wildman–Crippen MR) is 103 cm³/mol. The number of piperazine rings is 1. The summed E-state index contributed by atoms with van der Waals surface area (Å²) in [6, 6.07) is 7.79. The summed E-state index contributed by atoms with van der Waals surface area (Å²) in [6.45, 7) is 9.26. The van der Waals surface area contributed by atoms with Gasteiger partial charge in [0.1, 0.15) is 11.3 Å². The molecular formula is C19H26N6O3. The number of carbonyl (C=O) groups is 2. The fourth-order valence-electron chi connectivity index (χ4n) is 3.05. The number of primary amides is 1. The molecule has 1 aliphatic rings. The Morgan fingerprint density at radius 2 is 1.75 bits per heavy atom. The van der Waals surface area contributed by atoms with E-state index in [0.717, 1.165) is 30.8 Å². The maximum atomic E-state index is 12.1. The summed E-state index contributed by atoms with van der Waals surface area (Å²) in [6.07, 6.45) is -0.255. The molecule has 9 heteroatoms. The molecule has 3 N–H and O–H groups in total. The van der Waals surface area contributed by atoms with Crippen molar-refractivity contribution in [3.63, 3.8) is 0 Å². The van der Waals surface area contributed by atoms with E-state index in [4.69, 9.17) is 10.5 Å². The Bertz CT molecular complexity index is 832. The van der Waals surface area contributed by atoms with Crippen LogP contribution in [0.1, 0.15) is 36.8 Å². The number of nitrogens with zero attached hydrogens (tertiary/aromatic N) is 4. The van der Waals surface area contributed by atoms with Gasteiger partial charge in [-0.1, -0.05) is 24.3 Å². The van der Waals surface area contributed by atoms with Crippen LogP contribution >= 0.6 is 0 Å². The Labute approximate surface area is 163 Å². The highest BCUT2D eigenvalue weighted by molar-refractivity contribution is 5.96. The van der Waals surface area contributed by atoms with Gasteiger partial charge in [-0.3, -0.25) is 9.69 Å². The molecule has 0 atom stereocenters. The van der Waals surface area contributed by atoms with E-state index < -0.39 is 11.5 Å². The summed E-state index contributed by atoms with van der Waals surface area (Å²) in [4.78, 5) is 27.6. The highest BCUT2D eigenvalue weighted by Gasteiger charge is 2.25. The highest BCUT2D eigenvalue weighted by Crippen LogP contribution is 2.21. The van der Waals surface area contributed by atoms with E-state index in [0.29, 0.717) is 18.8 Å². The molecule has 1 fully saturated rings. The quantitative estimate of drug-likeness (QED) is 0.825. The molecule has 0 aliphatic carbocycles. The van der Waals surface area contributed by atoms with Gasteiger partial charge in [0, 0.05) is 38.3 Å². The second-order valence-corrected chi connectivity index (χ2v) is 7.83. The molecule has 28 heavy (non-hydrogen) atoms. The third kappa shape index (κ3) is 4.86. The van der Waals surface area contributed by atoms with Gasteiger partial charge in [-0.25, -0.2) is 4.79 Å². The summed E-state index contributed by atoms with van der Waals surface area (Å²) in [7, 11) is 0. The molecule has 0 spiro atoms. The molecule has 0 saturated carbocycles. The van der Waals surface area contributed by atoms with Gasteiger partial charge >= 0.3 is 6.09 Å². The molecule has 1 aromatic heterocycles. The molecule has 2 amide bonds. The van der Waals surface area contributed by atoms with Crippen molar-refractivity contribution in [3.05, 3.63) is 35.5 Å². The Balaban J connectivity index is 1.55. The van der Waals surface area contributed by atoms with E-state index in [-0.39, 0.29) is 11.8 Å². The van der Waals surface area contributed by atoms with E-state index in [2.05, 4.69) is 20.3 Å². The molecule has 2 aromatic rings. The van der Waals surface area contributed by atoms with E-state index in [1.54, 1.807) is 4.90 Å². The smallest absolute Gasteiger partial charge is 0.410 e. The first-order valence-corrected chi connectivity index (χ1v) is 9.23. The van der Waals surface area contributed by atoms with Crippen molar-refractivity contribution < 1.29 is 14.3 Å². The largest absolute Gasteiger partial charge is 0.444 e. The average molecular weight is 386 g/mol. The van der Waals surface area contributed by atoms with E-state index in [9.17, 15) is 9.59 Å². The van der Waals surface area contributed by atoms with Gasteiger partial charge in [0.25, 0.3) is 5.91 Å². The Hall–Kier alpha value is -2.94. The number of aromatic nitrogens is 3. The van der Waals surface area contributed by atoms with Crippen molar-refractivity contribution in [2.75, 3.05) is 26.2 Å². The SMILES string of the molecule is CC(C)(C)OC(=O)N1CCN(Cc2ccc(-c3n[nH]nc3C(N)=O)cc2)CC1. The molecule has 0 radical (unpaired) electrons. The molecule has 0 unspecified atom stereocenters. The molecule has 9 nitrogen and oxygen atoms in total. The number of hydrogen-bond donors (Lipinski definition) is 2. The summed E-state index contributed by atoms with van der Waals surface area (Å²) >= 11 is 0. The normalized spacial score (nSPS) is 15.5. The predicted octanol–water partition coefficient (Wildman–Crippen LogP) is 1.62. The van der Waals surface area contributed by atoms with Gasteiger partial charge in [0.05, 0.1) is 0 Å². The number of rotatable bonds is 4. The number of nitrogens with two attached hydrogens (primary N) is 1. The first kappa shape index (κ1) is 19.8. The van der Waals surface area contributed by atoms with Crippen LogP contribution in [0.15, 0.2) is 24.3 Å². The van der Waals surface area contributed by atoms with Crippen LogP contribution in [0.5, 0.6) is 0 Å². The number of ether oxygens (including phenoxy) is 1. The van der Waals surface area contributed by atoms with Crippen molar-refractivity contribution in [2.24, 2.45) is 5.73 Å². The van der Waals surface area contributed by atoms with Gasteiger partial charge < -0.3 is 15.4 Å². The average Bonchev–Trinajstić information content (AvgIpc) is 3.11. The lowest BCUT2D eigenvalue weighted by Crippen LogP contribution is -2.49. The molecule has 3 rings (SSSR count). The Kier molecular flexibility index (Phi) is 5.64. The lowest BCUT2D eigenvalue weighted by Gasteiger charge is -2.35. The molecule has 1 aromatic carbocycles. The first-order chi connectivity index (χ1) is 13.2. The number of nitrogens with one attached hydrogen (secondary N) is 1. The standard InChI is InChI=1S/C19H26N6O3/c1-19(2,3)28-18(27)25-10-8-24(9-11-25)12-13-4-6-14(7-5-13)15-16(17(20)26)22-23-21-15/h4-7H,8-12H2,1-3H3,(H2,20,26)(H,21,22,23). The maximum Gasteiger partial charge on any atom is 0.410 e. The number of H-pyrrole nitrogens is 1. The minimum Gasteiger partial charge on any atom is -0.444 e. The lowest BCUT2D eigenvalue weighted by atomic mass is 10.1. The van der Waals surface area contributed by atoms with Crippen LogP contribution in [0.25, 0.3) is 11.3 Å². The number of benzene rings is 1. The van der Waals surface area contributed by atoms with Gasteiger partial charge in [-0.05, 0) is 26.3 Å². The number of amides is 2. The Morgan fingerprint density at radius 1 is 1.11 bits per heavy atom. The summed E-state index contributed by atoms with van der Waals surface area (Å²) in [5.74, 6) is -0.615. The van der Waals surface area contributed by atoms with Crippen LogP contribution in [-0.2, 0) is 11.3 Å². The van der Waals surface area contributed by atoms with Crippen LogP contribution in [0, 0.1) is 0 Å². The third-order valence-corrected chi connectivity index (χ3v) is 4.44. The third-order valence-electron chi connectivity index (χ3n) is 4.44. The van der Waals surface area contributed by atoms with Crippen LogP contribution in [-0.4, -0.2) is 69.0 Å². The minimum atomic E-state index is -0.615. The van der Waals surface area contributed by atoms with Crippen molar-refractivity contribution in [1.82, 2.24) is 25.2 Å². The number of hydrogen-bond acceptors (Lipinski definition) is 6. The van der Waals surface area contributed by atoms with Gasteiger partial charge in [-0.2, -0.15) is 15.4 Å². The molecule has 0 bridgehead atoms. The summed E-state index contributed by atoms with van der Waals surface area (Å²) < 4.78 is 5.43. The second-order valence-electron chi connectivity index (χ2n) is 7.83. The van der Waals surface area contributed by atoms with Crippen LogP contribution in [0.2, 0.25) is 0 Å². The summed E-state index contributed by atoms with van der Waals surface area (Å²) in [5.41, 5.74) is 7.33. The van der Waals surface area contributed by atoms with Crippen LogP contribution in [0.3, 0.4) is 0 Å². The molecular weight excluding hydrogens is 360 g/mol. The fraction of sp³-hybridized carbons (Fsp3) is 0.474. The zero-order valence-electron chi connectivity index (χ0n) is 16.4. The fourth-order valence-corrected chi connectivity index (χ4v) is 3.05. The first-order valence-electron chi connectivity index (χ1n) is 9.23. The van der Waals surface area contributed by atoms with Crippen molar-refractivity contribution in [2.45, 2.75) is 32.9 Å².